The highest BCUT2D eigenvalue weighted by Crippen LogP contribution is 2.36. The molecule has 82 valence electrons. The van der Waals surface area contributed by atoms with E-state index in [1.165, 1.54) is 24.0 Å². The molecular weight excluding hydrogens is 210 g/mol. The summed E-state index contributed by atoms with van der Waals surface area (Å²) in [6.07, 6.45) is 4.71. The molecule has 0 radical (unpaired) electrons. The summed E-state index contributed by atoms with van der Waals surface area (Å²) in [6.45, 7) is 0.506. The van der Waals surface area contributed by atoms with Gasteiger partial charge in [-0.05, 0) is 42.9 Å². The van der Waals surface area contributed by atoms with Crippen molar-refractivity contribution >= 4 is 11.6 Å². The molecule has 0 aromatic heterocycles. The van der Waals surface area contributed by atoms with Gasteiger partial charge in [-0.15, -0.1) is 0 Å². The summed E-state index contributed by atoms with van der Waals surface area (Å²) in [5.74, 6) is 0.764. The average molecular weight is 226 g/mol. The fourth-order valence-corrected chi connectivity index (χ4v) is 2.69. The van der Waals surface area contributed by atoms with Crippen molar-refractivity contribution in [1.82, 2.24) is 0 Å². The van der Waals surface area contributed by atoms with E-state index in [1.807, 2.05) is 6.07 Å². The molecule has 0 aliphatic heterocycles. The molecule has 0 unspecified atom stereocenters. The second-order valence-electron chi connectivity index (χ2n) is 3.92. The minimum absolute atomic E-state index is 0.506. The van der Waals surface area contributed by atoms with E-state index in [0.717, 1.165) is 24.2 Å². The van der Waals surface area contributed by atoms with Crippen molar-refractivity contribution in [1.29, 1.82) is 0 Å². The molecule has 15 heavy (non-hydrogen) atoms. The molecular formula is C12H16ClNO. The van der Waals surface area contributed by atoms with Crippen LogP contribution in [0, 0.1) is 0 Å². The first-order valence-electron chi connectivity index (χ1n) is 5.35. The van der Waals surface area contributed by atoms with Gasteiger partial charge in [-0.1, -0.05) is 11.6 Å². The zero-order valence-electron chi connectivity index (χ0n) is 8.98. The first kappa shape index (κ1) is 10.8. The standard InChI is InChI=1S/C12H16ClNO/c1-15-12-10(7-14)9-5-3-2-4-8(9)6-11(12)13/h6H,2-5,7,14H2,1H3. The van der Waals surface area contributed by atoms with Gasteiger partial charge >= 0.3 is 0 Å². The van der Waals surface area contributed by atoms with Gasteiger partial charge in [-0.25, -0.2) is 0 Å². The second-order valence-corrected chi connectivity index (χ2v) is 4.33. The molecule has 0 atom stereocenters. The van der Waals surface area contributed by atoms with Gasteiger partial charge in [0.05, 0.1) is 12.1 Å². The van der Waals surface area contributed by atoms with E-state index < -0.39 is 0 Å². The Bertz CT molecular complexity index is 376. The van der Waals surface area contributed by atoms with E-state index in [9.17, 15) is 0 Å². The van der Waals surface area contributed by atoms with Crippen LogP contribution in [0.2, 0.25) is 5.02 Å². The minimum atomic E-state index is 0.506. The van der Waals surface area contributed by atoms with Crippen LogP contribution in [0.5, 0.6) is 5.75 Å². The predicted octanol–water partition coefficient (Wildman–Crippen LogP) is 2.69. The van der Waals surface area contributed by atoms with Crippen LogP contribution in [0.3, 0.4) is 0 Å². The molecule has 0 bridgehead atoms. The van der Waals surface area contributed by atoms with E-state index >= 15 is 0 Å². The van der Waals surface area contributed by atoms with Gasteiger partial charge in [0.25, 0.3) is 0 Å². The molecule has 1 aliphatic rings. The molecule has 2 rings (SSSR count). The first-order chi connectivity index (χ1) is 7.27. The number of aryl methyl sites for hydroxylation is 1. The van der Waals surface area contributed by atoms with Crippen molar-refractivity contribution in [2.24, 2.45) is 5.73 Å². The van der Waals surface area contributed by atoms with Crippen molar-refractivity contribution in [3.05, 3.63) is 27.8 Å². The molecule has 2 N–H and O–H groups in total. The third-order valence-corrected chi connectivity index (χ3v) is 3.36. The maximum absolute atomic E-state index is 6.16. The molecule has 1 aliphatic carbocycles. The van der Waals surface area contributed by atoms with Gasteiger partial charge in [0, 0.05) is 12.1 Å². The maximum Gasteiger partial charge on any atom is 0.142 e. The number of halogens is 1. The monoisotopic (exact) mass is 225 g/mol. The van der Waals surface area contributed by atoms with Crippen LogP contribution in [-0.4, -0.2) is 7.11 Å². The third kappa shape index (κ3) is 1.84. The largest absolute Gasteiger partial charge is 0.495 e. The Kier molecular flexibility index (Phi) is 3.17. The average Bonchev–Trinajstić information content (AvgIpc) is 2.27. The van der Waals surface area contributed by atoms with Crippen LogP contribution < -0.4 is 10.5 Å². The van der Waals surface area contributed by atoms with Gasteiger partial charge in [-0.2, -0.15) is 0 Å². The Morgan fingerprint density at radius 3 is 2.80 bits per heavy atom. The third-order valence-electron chi connectivity index (χ3n) is 3.07. The quantitative estimate of drug-likeness (QED) is 0.840. The molecule has 0 saturated heterocycles. The molecule has 0 fully saturated rings. The summed E-state index contributed by atoms with van der Waals surface area (Å²) in [5.41, 5.74) is 9.60. The Morgan fingerprint density at radius 1 is 1.40 bits per heavy atom. The number of nitrogens with two attached hydrogens (primary N) is 1. The summed E-state index contributed by atoms with van der Waals surface area (Å²) in [6, 6.07) is 2.04. The lowest BCUT2D eigenvalue weighted by molar-refractivity contribution is 0.408. The van der Waals surface area contributed by atoms with Crippen LogP contribution in [0.4, 0.5) is 0 Å². The van der Waals surface area contributed by atoms with Gasteiger partial charge in [0.1, 0.15) is 5.75 Å². The van der Waals surface area contributed by atoms with Crippen LogP contribution in [0.15, 0.2) is 6.07 Å². The molecule has 0 amide bonds. The number of ether oxygens (including phenoxy) is 1. The van der Waals surface area contributed by atoms with Crippen LogP contribution in [-0.2, 0) is 19.4 Å². The molecule has 0 spiro atoms. The molecule has 2 nitrogen and oxygen atoms in total. The van der Waals surface area contributed by atoms with Gasteiger partial charge in [0.15, 0.2) is 0 Å². The number of fused-ring (bicyclic) bond motifs is 1. The van der Waals surface area contributed by atoms with Crippen molar-refractivity contribution in [3.63, 3.8) is 0 Å². The smallest absolute Gasteiger partial charge is 0.142 e. The number of benzene rings is 1. The number of rotatable bonds is 2. The van der Waals surface area contributed by atoms with E-state index in [0.29, 0.717) is 11.6 Å². The highest BCUT2D eigenvalue weighted by atomic mass is 35.5. The summed E-state index contributed by atoms with van der Waals surface area (Å²) < 4.78 is 5.32. The lowest BCUT2D eigenvalue weighted by Crippen LogP contribution is -2.11. The Morgan fingerprint density at radius 2 is 2.13 bits per heavy atom. The fourth-order valence-electron chi connectivity index (χ4n) is 2.37. The maximum atomic E-state index is 6.16. The van der Waals surface area contributed by atoms with Gasteiger partial charge in [-0.3, -0.25) is 0 Å². The minimum Gasteiger partial charge on any atom is -0.495 e. The summed E-state index contributed by atoms with van der Waals surface area (Å²) in [4.78, 5) is 0. The van der Waals surface area contributed by atoms with Crippen LogP contribution in [0.1, 0.15) is 29.5 Å². The van der Waals surface area contributed by atoms with Gasteiger partial charge < -0.3 is 10.5 Å². The normalized spacial score (nSPS) is 14.9. The lowest BCUT2D eigenvalue weighted by atomic mass is 9.87. The lowest BCUT2D eigenvalue weighted by Gasteiger charge is -2.22. The van der Waals surface area contributed by atoms with Crippen LogP contribution in [0.25, 0.3) is 0 Å². The van der Waals surface area contributed by atoms with Crippen molar-refractivity contribution in [3.8, 4) is 5.75 Å². The van der Waals surface area contributed by atoms with Crippen molar-refractivity contribution in [2.75, 3.05) is 7.11 Å². The summed E-state index contributed by atoms with van der Waals surface area (Å²) >= 11 is 6.16. The SMILES string of the molecule is COc1c(Cl)cc2c(c1CN)CCCC2. The topological polar surface area (TPSA) is 35.2 Å². The first-order valence-corrected chi connectivity index (χ1v) is 5.73. The highest BCUT2D eigenvalue weighted by molar-refractivity contribution is 6.32. The number of methoxy groups -OCH3 is 1. The van der Waals surface area contributed by atoms with Crippen molar-refractivity contribution in [2.45, 2.75) is 32.2 Å². The number of hydrogen-bond acceptors (Lipinski definition) is 2. The summed E-state index contributed by atoms with van der Waals surface area (Å²) in [5, 5.41) is 0.693. The zero-order valence-corrected chi connectivity index (χ0v) is 9.73. The van der Waals surface area contributed by atoms with E-state index in [1.54, 1.807) is 7.11 Å². The fraction of sp³-hybridized carbons (Fsp3) is 0.500. The molecule has 1 aromatic carbocycles. The molecule has 0 heterocycles. The molecule has 0 saturated carbocycles. The Labute approximate surface area is 95.4 Å². The molecule has 1 aromatic rings. The molecule has 3 heteroatoms. The van der Waals surface area contributed by atoms with Crippen LogP contribution >= 0.6 is 11.6 Å². The predicted molar refractivity (Wildman–Crippen MR) is 62.5 cm³/mol. The van der Waals surface area contributed by atoms with E-state index in [4.69, 9.17) is 22.1 Å². The van der Waals surface area contributed by atoms with Crippen molar-refractivity contribution < 1.29 is 4.74 Å². The van der Waals surface area contributed by atoms with E-state index in [-0.39, 0.29) is 0 Å². The Balaban J connectivity index is 2.59. The number of hydrogen-bond donors (Lipinski definition) is 1. The Hall–Kier alpha value is -0.730. The zero-order chi connectivity index (χ0) is 10.8. The highest BCUT2D eigenvalue weighted by Gasteiger charge is 2.18. The van der Waals surface area contributed by atoms with Gasteiger partial charge in [0.2, 0.25) is 0 Å². The van der Waals surface area contributed by atoms with E-state index in [2.05, 4.69) is 0 Å². The second kappa shape index (κ2) is 4.42. The summed E-state index contributed by atoms with van der Waals surface area (Å²) in [7, 11) is 1.65.